The van der Waals surface area contributed by atoms with Gasteiger partial charge in [0.25, 0.3) is 0 Å². The number of carbonyl (C=O) groups excluding carboxylic acids is 1. The number of rotatable bonds is 7. The minimum absolute atomic E-state index is 0.0462. The molecule has 0 aliphatic carbocycles. The van der Waals surface area contributed by atoms with E-state index in [9.17, 15) is 9.18 Å². The van der Waals surface area contributed by atoms with Gasteiger partial charge >= 0.3 is 0 Å². The third-order valence-electron chi connectivity index (χ3n) is 4.64. The van der Waals surface area contributed by atoms with Crippen molar-refractivity contribution in [2.45, 2.75) is 24.9 Å². The number of aryl methyl sites for hydroxylation is 1. The first-order chi connectivity index (χ1) is 14.6. The van der Waals surface area contributed by atoms with Gasteiger partial charge in [0.15, 0.2) is 5.82 Å². The van der Waals surface area contributed by atoms with Crippen LogP contribution in [0.25, 0.3) is 22.3 Å². The number of para-hydroxylation sites is 1. The van der Waals surface area contributed by atoms with Gasteiger partial charge < -0.3 is 5.32 Å². The Morgan fingerprint density at radius 2 is 1.93 bits per heavy atom. The molecule has 4 rings (SSSR count). The summed E-state index contributed by atoms with van der Waals surface area (Å²) in [5, 5.41) is 6.61. The molecule has 0 fully saturated rings. The first-order valence-corrected chi connectivity index (χ1v) is 11.5. The van der Waals surface area contributed by atoms with Crippen molar-refractivity contribution in [1.29, 1.82) is 0 Å². The Hall–Kier alpha value is -2.77. The summed E-state index contributed by atoms with van der Waals surface area (Å²) < 4.78 is 13.3. The molecule has 7 heteroatoms. The highest BCUT2D eigenvalue weighted by Gasteiger charge is 2.14. The zero-order valence-electron chi connectivity index (χ0n) is 16.4. The van der Waals surface area contributed by atoms with Gasteiger partial charge in [-0.2, -0.15) is 0 Å². The summed E-state index contributed by atoms with van der Waals surface area (Å²) in [6.07, 6.45) is 0.836. The Bertz CT molecular complexity index is 1160. The molecule has 2 aromatic heterocycles. The van der Waals surface area contributed by atoms with Gasteiger partial charge in [0.05, 0.1) is 17.8 Å². The van der Waals surface area contributed by atoms with Crippen LogP contribution in [0.4, 0.5) is 4.39 Å². The average molecular weight is 438 g/mol. The van der Waals surface area contributed by atoms with Crippen molar-refractivity contribution >= 4 is 39.9 Å². The van der Waals surface area contributed by atoms with Gasteiger partial charge in [0, 0.05) is 15.8 Å². The lowest BCUT2D eigenvalue weighted by Crippen LogP contribution is -2.24. The summed E-state index contributed by atoms with van der Waals surface area (Å²) in [5.74, 6) is 0.447. The predicted molar refractivity (Wildman–Crippen MR) is 121 cm³/mol. The summed E-state index contributed by atoms with van der Waals surface area (Å²) in [7, 11) is 0. The average Bonchev–Trinajstić information content (AvgIpc) is 3.29. The molecule has 0 atom stereocenters. The molecular formula is C23H20FN3OS2. The Morgan fingerprint density at radius 3 is 2.67 bits per heavy atom. The van der Waals surface area contributed by atoms with Crippen LogP contribution in [0, 0.1) is 5.82 Å². The van der Waals surface area contributed by atoms with Crippen molar-refractivity contribution in [2.24, 2.45) is 0 Å². The van der Waals surface area contributed by atoms with E-state index in [1.165, 1.54) is 23.9 Å². The van der Waals surface area contributed by atoms with Crippen LogP contribution in [-0.2, 0) is 17.8 Å². The molecule has 1 amide bonds. The number of hydrogen-bond acceptors (Lipinski definition) is 5. The molecule has 0 bridgehead atoms. The maximum Gasteiger partial charge on any atom is 0.230 e. The number of benzene rings is 2. The van der Waals surface area contributed by atoms with Crippen LogP contribution in [-0.4, -0.2) is 21.6 Å². The molecule has 0 saturated carbocycles. The van der Waals surface area contributed by atoms with Crippen LogP contribution < -0.4 is 5.32 Å². The number of nitrogens with one attached hydrogen (secondary N) is 1. The van der Waals surface area contributed by atoms with Gasteiger partial charge in [-0.25, -0.2) is 14.4 Å². The first-order valence-electron chi connectivity index (χ1n) is 9.61. The standard InChI is InChI=1S/C23H20FN3OS2/c1-2-15-5-3-7-19-21(15)26-22(16-8-10-17(24)11-9-16)27-23(19)30-14-20(28)25-13-18-6-4-12-29-18/h3-12H,2,13-14H2,1H3,(H,25,28). The molecule has 1 N–H and O–H groups in total. The molecule has 0 saturated heterocycles. The fourth-order valence-electron chi connectivity index (χ4n) is 3.09. The van der Waals surface area contributed by atoms with E-state index in [0.29, 0.717) is 12.4 Å². The fraction of sp³-hybridized carbons (Fsp3) is 0.174. The number of amides is 1. The van der Waals surface area contributed by atoms with E-state index in [-0.39, 0.29) is 17.5 Å². The van der Waals surface area contributed by atoms with Gasteiger partial charge in [0.2, 0.25) is 5.91 Å². The highest BCUT2D eigenvalue weighted by atomic mass is 32.2. The fourth-order valence-corrected chi connectivity index (χ4v) is 4.58. The number of thiophene rings is 1. The van der Waals surface area contributed by atoms with Crippen LogP contribution in [0.5, 0.6) is 0 Å². The Balaban J connectivity index is 1.62. The summed E-state index contributed by atoms with van der Waals surface area (Å²) in [4.78, 5) is 22.9. The zero-order chi connectivity index (χ0) is 20.9. The molecule has 2 heterocycles. The lowest BCUT2D eigenvalue weighted by Gasteiger charge is -2.11. The van der Waals surface area contributed by atoms with E-state index >= 15 is 0 Å². The molecule has 152 valence electrons. The van der Waals surface area contributed by atoms with Crippen molar-refractivity contribution < 1.29 is 9.18 Å². The largest absolute Gasteiger partial charge is 0.350 e. The quantitative estimate of drug-likeness (QED) is 0.308. The number of halogens is 1. The second kappa shape index (κ2) is 9.36. The molecular weight excluding hydrogens is 417 g/mol. The minimum Gasteiger partial charge on any atom is -0.350 e. The third kappa shape index (κ3) is 4.68. The van der Waals surface area contributed by atoms with Crippen LogP contribution in [0.3, 0.4) is 0 Å². The Morgan fingerprint density at radius 1 is 1.10 bits per heavy atom. The van der Waals surface area contributed by atoms with Crippen LogP contribution in [0.15, 0.2) is 65.0 Å². The van der Waals surface area contributed by atoms with Crippen LogP contribution >= 0.6 is 23.1 Å². The van der Waals surface area contributed by atoms with Crippen LogP contribution in [0.1, 0.15) is 17.4 Å². The molecule has 2 aromatic carbocycles. The second-order valence-corrected chi connectivity index (χ2v) is 8.67. The molecule has 0 unspecified atom stereocenters. The zero-order valence-corrected chi connectivity index (χ0v) is 18.0. The SMILES string of the molecule is CCc1cccc2c(SCC(=O)NCc3cccs3)nc(-c3ccc(F)cc3)nc12. The van der Waals surface area contributed by atoms with Crippen molar-refractivity contribution in [3.8, 4) is 11.4 Å². The maximum absolute atomic E-state index is 13.3. The number of nitrogens with zero attached hydrogens (tertiary/aromatic N) is 2. The van der Waals surface area contributed by atoms with E-state index in [4.69, 9.17) is 9.97 Å². The second-order valence-electron chi connectivity index (χ2n) is 6.67. The van der Waals surface area contributed by atoms with Gasteiger partial charge in [0.1, 0.15) is 10.8 Å². The summed E-state index contributed by atoms with van der Waals surface area (Å²) >= 11 is 3.01. The molecule has 30 heavy (non-hydrogen) atoms. The van der Waals surface area contributed by atoms with E-state index in [2.05, 4.69) is 12.2 Å². The molecule has 4 nitrogen and oxygen atoms in total. The highest BCUT2D eigenvalue weighted by molar-refractivity contribution is 8.00. The minimum atomic E-state index is -0.300. The molecule has 0 aliphatic heterocycles. The third-order valence-corrected chi connectivity index (χ3v) is 6.51. The molecule has 0 aliphatic rings. The summed E-state index contributed by atoms with van der Waals surface area (Å²) in [6, 6.07) is 16.1. The maximum atomic E-state index is 13.3. The van der Waals surface area contributed by atoms with Crippen molar-refractivity contribution in [2.75, 3.05) is 5.75 Å². The van der Waals surface area contributed by atoms with Crippen LogP contribution in [0.2, 0.25) is 0 Å². The predicted octanol–water partition coefficient (Wildman–Crippen LogP) is 5.47. The van der Waals surface area contributed by atoms with Gasteiger partial charge in [-0.15, -0.1) is 11.3 Å². The summed E-state index contributed by atoms with van der Waals surface area (Å²) in [5.41, 5.74) is 2.73. The van der Waals surface area contributed by atoms with Gasteiger partial charge in [-0.3, -0.25) is 4.79 Å². The normalized spacial score (nSPS) is 11.0. The Labute approximate surface area is 182 Å². The van der Waals surface area contributed by atoms with Gasteiger partial charge in [-0.1, -0.05) is 43.0 Å². The van der Waals surface area contributed by atoms with Crippen molar-refractivity contribution in [1.82, 2.24) is 15.3 Å². The van der Waals surface area contributed by atoms with Crippen molar-refractivity contribution in [3.05, 3.63) is 76.2 Å². The number of hydrogen-bond donors (Lipinski definition) is 1. The monoisotopic (exact) mass is 437 g/mol. The van der Waals surface area contributed by atoms with E-state index < -0.39 is 0 Å². The number of aromatic nitrogens is 2. The Kier molecular flexibility index (Phi) is 6.40. The van der Waals surface area contributed by atoms with E-state index in [1.807, 2.05) is 35.7 Å². The first kappa shape index (κ1) is 20.5. The molecule has 0 radical (unpaired) electrons. The smallest absolute Gasteiger partial charge is 0.230 e. The molecule has 4 aromatic rings. The molecule has 0 spiro atoms. The topological polar surface area (TPSA) is 54.9 Å². The number of carbonyl (C=O) groups is 1. The van der Waals surface area contributed by atoms with Crippen molar-refractivity contribution in [3.63, 3.8) is 0 Å². The summed E-state index contributed by atoms with van der Waals surface area (Å²) in [6.45, 7) is 2.61. The number of thioether (sulfide) groups is 1. The number of fused-ring (bicyclic) bond motifs is 1. The van der Waals surface area contributed by atoms with E-state index in [1.54, 1.807) is 23.5 Å². The lowest BCUT2D eigenvalue weighted by atomic mass is 10.1. The van der Waals surface area contributed by atoms with E-state index in [0.717, 1.165) is 38.4 Å². The van der Waals surface area contributed by atoms with Gasteiger partial charge in [-0.05, 0) is 47.7 Å². The highest BCUT2D eigenvalue weighted by Crippen LogP contribution is 2.30. The lowest BCUT2D eigenvalue weighted by molar-refractivity contribution is -0.118.